The van der Waals surface area contributed by atoms with Crippen LogP contribution in [0.25, 0.3) is 0 Å². The molecule has 2 rings (SSSR count). The SMILES string of the molecule is CC(C)(C)C(Oc1cc(C(=O)[O-])ccc1[N+](=O)[O-])OC1CCCCC1. The lowest BCUT2D eigenvalue weighted by molar-refractivity contribution is -0.386. The van der Waals surface area contributed by atoms with Crippen LogP contribution >= 0.6 is 0 Å². The molecule has 0 N–H and O–H groups in total. The molecule has 0 amide bonds. The number of hydrogen-bond donors (Lipinski definition) is 0. The highest BCUT2D eigenvalue weighted by atomic mass is 16.7. The molecule has 1 fully saturated rings. The van der Waals surface area contributed by atoms with Crippen LogP contribution in [0.2, 0.25) is 0 Å². The van der Waals surface area contributed by atoms with Gasteiger partial charge in [-0.15, -0.1) is 0 Å². The lowest BCUT2D eigenvalue weighted by Gasteiger charge is -2.35. The molecule has 0 saturated heterocycles. The van der Waals surface area contributed by atoms with Gasteiger partial charge >= 0.3 is 5.69 Å². The van der Waals surface area contributed by atoms with E-state index in [0.29, 0.717) is 0 Å². The number of nitro groups is 1. The Morgan fingerprint density at radius 2 is 1.88 bits per heavy atom. The summed E-state index contributed by atoms with van der Waals surface area (Å²) in [7, 11) is 0. The summed E-state index contributed by atoms with van der Waals surface area (Å²) in [5.74, 6) is -1.54. The van der Waals surface area contributed by atoms with Crippen molar-refractivity contribution in [3.05, 3.63) is 33.9 Å². The van der Waals surface area contributed by atoms with E-state index >= 15 is 0 Å². The smallest absolute Gasteiger partial charge is 0.311 e. The summed E-state index contributed by atoms with van der Waals surface area (Å²) in [5, 5.41) is 22.3. The molecule has 0 aromatic heterocycles. The predicted molar refractivity (Wildman–Crippen MR) is 89.3 cm³/mol. The van der Waals surface area contributed by atoms with Crippen molar-refractivity contribution in [1.29, 1.82) is 0 Å². The Bertz CT molecular complexity index is 631. The van der Waals surface area contributed by atoms with Gasteiger partial charge in [0.1, 0.15) is 0 Å². The van der Waals surface area contributed by atoms with E-state index in [-0.39, 0.29) is 23.1 Å². The topological polar surface area (TPSA) is 102 Å². The molecule has 1 aliphatic carbocycles. The number of ether oxygens (including phenoxy) is 2. The average Bonchev–Trinajstić information content (AvgIpc) is 2.54. The Kier molecular flexibility index (Phi) is 6.00. The highest BCUT2D eigenvalue weighted by molar-refractivity contribution is 5.87. The van der Waals surface area contributed by atoms with E-state index in [1.54, 1.807) is 0 Å². The van der Waals surface area contributed by atoms with Crippen molar-refractivity contribution in [3.63, 3.8) is 0 Å². The monoisotopic (exact) mass is 350 g/mol. The van der Waals surface area contributed by atoms with Gasteiger partial charge in [-0.2, -0.15) is 0 Å². The zero-order valence-corrected chi connectivity index (χ0v) is 14.8. The van der Waals surface area contributed by atoms with Crippen LogP contribution in [0.1, 0.15) is 63.2 Å². The second-order valence-electron chi connectivity index (χ2n) is 7.44. The Hall–Kier alpha value is -2.15. The largest absolute Gasteiger partial charge is 0.545 e. The summed E-state index contributed by atoms with van der Waals surface area (Å²) in [6.07, 6.45) is 4.52. The number of benzene rings is 1. The van der Waals surface area contributed by atoms with E-state index in [9.17, 15) is 20.0 Å². The number of carbonyl (C=O) groups excluding carboxylic acids is 1. The maximum Gasteiger partial charge on any atom is 0.311 e. The first-order valence-corrected chi connectivity index (χ1v) is 8.50. The van der Waals surface area contributed by atoms with Crippen molar-refractivity contribution in [2.24, 2.45) is 5.41 Å². The second-order valence-corrected chi connectivity index (χ2v) is 7.44. The second kappa shape index (κ2) is 7.82. The summed E-state index contributed by atoms with van der Waals surface area (Å²) in [4.78, 5) is 21.7. The molecule has 0 bridgehead atoms. The molecule has 0 heterocycles. The van der Waals surface area contributed by atoms with Crippen molar-refractivity contribution >= 4 is 11.7 Å². The van der Waals surface area contributed by atoms with Crippen LogP contribution in [-0.4, -0.2) is 23.3 Å². The van der Waals surface area contributed by atoms with E-state index in [1.807, 2.05) is 20.8 Å². The molecule has 1 aromatic rings. The third kappa shape index (κ3) is 5.16. The van der Waals surface area contributed by atoms with Crippen LogP contribution in [0.3, 0.4) is 0 Å². The van der Waals surface area contributed by atoms with Crippen molar-refractivity contribution < 1.29 is 24.3 Å². The molecule has 0 radical (unpaired) electrons. The number of carboxylic acids is 1. The van der Waals surface area contributed by atoms with Gasteiger partial charge in [-0.05, 0) is 25.0 Å². The quantitative estimate of drug-likeness (QED) is 0.444. The molecule has 7 nitrogen and oxygen atoms in total. The van der Waals surface area contributed by atoms with E-state index in [1.165, 1.54) is 6.42 Å². The Morgan fingerprint density at radius 1 is 1.24 bits per heavy atom. The average molecular weight is 350 g/mol. The highest BCUT2D eigenvalue weighted by Gasteiger charge is 2.33. The van der Waals surface area contributed by atoms with Crippen LogP contribution in [0.4, 0.5) is 5.69 Å². The normalized spacial score (nSPS) is 17.1. The molecule has 1 aromatic carbocycles. The van der Waals surface area contributed by atoms with E-state index in [0.717, 1.165) is 43.9 Å². The van der Waals surface area contributed by atoms with Gasteiger partial charge in [0.2, 0.25) is 12.0 Å². The van der Waals surface area contributed by atoms with Crippen molar-refractivity contribution in [2.75, 3.05) is 0 Å². The molecule has 7 heteroatoms. The van der Waals surface area contributed by atoms with Gasteiger partial charge in [0.25, 0.3) is 0 Å². The number of nitro benzene ring substituents is 1. The molecule has 1 aliphatic rings. The molecular weight excluding hydrogens is 326 g/mol. The van der Waals surface area contributed by atoms with Gasteiger partial charge < -0.3 is 19.4 Å². The first kappa shape index (κ1) is 19.2. The maximum absolute atomic E-state index is 11.2. The summed E-state index contributed by atoms with van der Waals surface area (Å²) in [6.45, 7) is 5.73. The molecule has 0 spiro atoms. The van der Waals surface area contributed by atoms with Gasteiger partial charge in [0, 0.05) is 17.0 Å². The zero-order chi connectivity index (χ0) is 18.6. The minimum atomic E-state index is -1.42. The van der Waals surface area contributed by atoms with E-state index in [4.69, 9.17) is 9.47 Å². The molecule has 1 saturated carbocycles. The Balaban J connectivity index is 2.28. The standard InChI is InChI=1S/C18H25NO6/c1-18(2,3)17(24-13-7-5-4-6-8-13)25-15-11-12(16(20)21)9-10-14(15)19(22)23/h9-11,13,17H,4-8H2,1-3H3,(H,20,21)/p-1. The van der Waals surface area contributed by atoms with Crippen LogP contribution in [0.5, 0.6) is 5.75 Å². The highest BCUT2D eigenvalue weighted by Crippen LogP contribution is 2.34. The summed E-state index contributed by atoms with van der Waals surface area (Å²) < 4.78 is 11.9. The molecule has 25 heavy (non-hydrogen) atoms. The zero-order valence-electron chi connectivity index (χ0n) is 14.8. The van der Waals surface area contributed by atoms with Crippen molar-refractivity contribution in [2.45, 2.75) is 65.3 Å². The fraction of sp³-hybridized carbons (Fsp3) is 0.611. The number of hydrogen-bond acceptors (Lipinski definition) is 6. The van der Waals surface area contributed by atoms with Gasteiger partial charge in [-0.25, -0.2) is 0 Å². The van der Waals surface area contributed by atoms with Crippen LogP contribution < -0.4 is 9.84 Å². The van der Waals surface area contributed by atoms with Crippen LogP contribution in [-0.2, 0) is 4.74 Å². The first-order valence-electron chi connectivity index (χ1n) is 8.50. The van der Waals surface area contributed by atoms with Gasteiger partial charge in [-0.1, -0.05) is 40.0 Å². The predicted octanol–water partition coefficient (Wildman–Crippen LogP) is 3.06. The summed E-state index contributed by atoms with van der Waals surface area (Å²) in [5.41, 5.74) is -0.916. The minimum absolute atomic E-state index is 0.0429. The number of rotatable bonds is 6. The Morgan fingerprint density at radius 3 is 2.40 bits per heavy atom. The minimum Gasteiger partial charge on any atom is -0.545 e. The number of carbonyl (C=O) groups is 1. The molecule has 138 valence electrons. The maximum atomic E-state index is 11.2. The molecule has 0 aliphatic heterocycles. The van der Waals surface area contributed by atoms with Gasteiger partial charge in [0.15, 0.2) is 0 Å². The van der Waals surface area contributed by atoms with Crippen LogP contribution in [0, 0.1) is 15.5 Å². The molecule has 1 atom stereocenters. The van der Waals surface area contributed by atoms with Gasteiger partial charge in [-0.3, -0.25) is 10.1 Å². The molecular formula is C18H24NO6-. The lowest BCUT2D eigenvalue weighted by Crippen LogP contribution is -2.38. The number of nitrogens with zero attached hydrogens (tertiary/aromatic N) is 1. The summed E-state index contributed by atoms with van der Waals surface area (Å²) >= 11 is 0. The first-order chi connectivity index (χ1) is 11.7. The third-order valence-electron chi connectivity index (χ3n) is 4.20. The van der Waals surface area contributed by atoms with E-state index < -0.39 is 22.6 Å². The fourth-order valence-electron chi connectivity index (χ4n) is 2.79. The van der Waals surface area contributed by atoms with E-state index in [2.05, 4.69) is 0 Å². The van der Waals surface area contributed by atoms with Gasteiger partial charge in [0.05, 0.1) is 17.0 Å². The number of aromatic carboxylic acids is 1. The third-order valence-corrected chi connectivity index (χ3v) is 4.20. The lowest BCUT2D eigenvalue weighted by atomic mass is 9.94. The molecule has 1 unspecified atom stereocenters. The van der Waals surface area contributed by atoms with Crippen molar-refractivity contribution in [3.8, 4) is 5.75 Å². The van der Waals surface area contributed by atoms with Crippen molar-refractivity contribution in [1.82, 2.24) is 0 Å². The fourth-order valence-corrected chi connectivity index (χ4v) is 2.79. The summed E-state index contributed by atoms with van der Waals surface area (Å²) in [6, 6.07) is 3.37. The number of carboxylic acid groups (broad SMARTS) is 1. The Labute approximate surface area is 147 Å². The van der Waals surface area contributed by atoms with Crippen LogP contribution in [0.15, 0.2) is 18.2 Å².